The van der Waals surface area contributed by atoms with Crippen molar-refractivity contribution in [1.82, 2.24) is 0 Å². The van der Waals surface area contributed by atoms with Crippen LogP contribution >= 0.6 is 0 Å². The largest absolute Gasteiger partial charge is 0.417 e. The van der Waals surface area contributed by atoms with E-state index < -0.39 is 8.32 Å². The van der Waals surface area contributed by atoms with E-state index in [9.17, 15) is 5.11 Å². The van der Waals surface area contributed by atoms with Gasteiger partial charge in [-0.2, -0.15) is 0 Å². The summed E-state index contributed by atoms with van der Waals surface area (Å²) < 4.78 is 6.40. The molecule has 35 heavy (non-hydrogen) atoms. The Morgan fingerprint density at radius 3 is 2.23 bits per heavy atom. The lowest BCUT2D eigenvalue weighted by Gasteiger charge is -2.65. The lowest BCUT2D eigenvalue weighted by Crippen LogP contribution is -2.63. The zero-order chi connectivity index (χ0) is 25.7. The van der Waals surface area contributed by atoms with Gasteiger partial charge in [-0.3, -0.25) is 0 Å². The Labute approximate surface area is 219 Å². The van der Waals surface area contributed by atoms with Gasteiger partial charge in [0.25, 0.3) is 0 Å². The molecule has 0 radical (unpaired) electrons. The molecule has 0 aromatic carbocycles. The van der Waals surface area contributed by atoms with E-state index in [1.165, 1.54) is 83.5 Å². The van der Waals surface area contributed by atoms with Crippen molar-refractivity contribution in [3.05, 3.63) is 0 Å². The van der Waals surface area contributed by atoms with Gasteiger partial charge in [-0.15, -0.1) is 0 Å². The molecule has 0 aromatic rings. The number of hydrogen-bond acceptors (Lipinski definition) is 2. The minimum absolute atomic E-state index is 0.320. The molecule has 0 saturated heterocycles. The third-order valence-corrected chi connectivity index (χ3v) is 17.6. The second-order valence-corrected chi connectivity index (χ2v) is 20.5. The summed E-state index contributed by atoms with van der Waals surface area (Å²) in [5, 5.41) is 12.7. The molecule has 3 unspecified atom stereocenters. The molecule has 0 aliphatic heterocycles. The molecule has 4 saturated carbocycles. The summed E-state index contributed by atoms with van der Waals surface area (Å²) in [5.74, 6) is 3.72. The highest BCUT2D eigenvalue weighted by Crippen LogP contribution is 2.69. The number of rotatable bonds is 8. The van der Waals surface area contributed by atoms with Crippen LogP contribution in [0.5, 0.6) is 0 Å². The van der Waals surface area contributed by atoms with Crippen LogP contribution in [-0.2, 0) is 4.43 Å². The summed E-state index contributed by atoms with van der Waals surface area (Å²) in [6, 6.07) is 0. The van der Waals surface area contributed by atoms with Crippen molar-refractivity contribution in [2.45, 2.75) is 155 Å². The maximum absolute atomic E-state index is 12.3. The minimum Gasteiger partial charge on any atom is -0.417 e. The molecular weight excluding hydrogens is 444 g/mol. The predicted molar refractivity (Wildman–Crippen MR) is 152 cm³/mol. The third kappa shape index (κ3) is 4.98. The third-order valence-electron chi connectivity index (χ3n) is 13.1. The van der Waals surface area contributed by atoms with Gasteiger partial charge in [0.05, 0.1) is 5.60 Å². The van der Waals surface area contributed by atoms with E-state index in [-0.39, 0.29) is 5.60 Å². The van der Waals surface area contributed by atoms with Crippen LogP contribution in [-0.4, -0.2) is 25.6 Å². The molecule has 3 heteroatoms. The van der Waals surface area contributed by atoms with E-state index in [1.807, 2.05) is 0 Å². The lowest BCUT2D eigenvalue weighted by molar-refractivity contribution is -0.223. The SMILES string of the molecule is CC[C@H]1CC[C@H]2C3(O)CCC4CC(CCCCCO[Si](C)(C)C(C)(C)C)CC[C@]4(C)[C@H]3CC[C@]12C. The summed E-state index contributed by atoms with van der Waals surface area (Å²) in [4.78, 5) is 0. The summed E-state index contributed by atoms with van der Waals surface area (Å²) in [5.41, 5.74) is 0.403. The second kappa shape index (κ2) is 10.0. The van der Waals surface area contributed by atoms with Crippen molar-refractivity contribution in [1.29, 1.82) is 0 Å². The lowest BCUT2D eigenvalue weighted by atomic mass is 9.42. The van der Waals surface area contributed by atoms with Gasteiger partial charge in [0.15, 0.2) is 8.32 Å². The van der Waals surface area contributed by atoms with E-state index in [2.05, 4.69) is 54.6 Å². The van der Waals surface area contributed by atoms with Gasteiger partial charge < -0.3 is 9.53 Å². The maximum atomic E-state index is 12.3. The van der Waals surface area contributed by atoms with Gasteiger partial charge in [0.2, 0.25) is 0 Å². The average molecular weight is 505 g/mol. The summed E-state index contributed by atoms with van der Waals surface area (Å²) >= 11 is 0. The van der Waals surface area contributed by atoms with Gasteiger partial charge in [0.1, 0.15) is 0 Å². The first-order chi connectivity index (χ1) is 16.3. The van der Waals surface area contributed by atoms with Crippen LogP contribution in [0.3, 0.4) is 0 Å². The van der Waals surface area contributed by atoms with E-state index >= 15 is 0 Å². The first-order valence-electron chi connectivity index (χ1n) is 15.6. The molecule has 4 aliphatic carbocycles. The molecular formula is C32H60O2Si. The molecule has 0 bridgehead atoms. The number of aliphatic hydroxyl groups is 1. The molecule has 0 spiro atoms. The van der Waals surface area contributed by atoms with Crippen molar-refractivity contribution < 1.29 is 9.53 Å². The molecule has 1 N–H and O–H groups in total. The van der Waals surface area contributed by atoms with Gasteiger partial charge in [-0.1, -0.05) is 67.2 Å². The van der Waals surface area contributed by atoms with Crippen molar-refractivity contribution in [2.24, 2.45) is 40.4 Å². The Balaban J connectivity index is 1.27. The monoisotopic (exact) mass is 504 g/mol. The van der Waals surface area contributed by atoms with E-state index in [4.69, 9.17) is 4.43 Å². The highest BCUT2D eigenvalue weighted by Gasteiger charge is 2.66. The Morgan fingerprint density at radius 2 is 1.54 bits per heavy atom. The predicted octanol–water partition coefficient (Wildman–Crippen LogP) is 9.37. The average Bonchev–Trinajstić information content (AvgIpc) is 3.12. The first-order valence-corrected chi connectivity index (χ1v) is 18.5. The fourth-order valence-corrected chi connectivity index (χ4v) is 10.8. The van der Waals surface area contributed by atoms with Crippen LogP contribution < -0.4 is 0 Å². The molecule has 4 aliphatic rings. The van der Waals surface area contributed by atoms with Crippen LogP contribution in [0, 0.1) is 40.4 Å². The van der Waals surface area contributed by atoms with Crippen LogP contribution in [0.4, 0.5) is 0 Å². The molecule has 0 heterocycles. The molecule has 0 amide bonds. The van der Waals surface area contributed by atoms with E-state index in [1.54, 1.807) is 0 Å². The van der Waals surface area contributed by atoms with Crippen LogP contribution in [0.1, 0.15) is 131 Å². The van der Waals surface area contributed by atoms with Crippen molar-refractivity contribution in [3.8, 4) is 0 Å². The van der Waals surface area contributed by atoms with Crippen LogP contribution in [0.15, 0.2) is 0 Å². The minimum atomic E-state index is -1.59. The zero-order valence-electron chi connectivity index (χ0n) is 24.8. The highest BCUT2D eigenvalue weighted by molar-refractivity contribution is 6.74. The molecule has 2 nitrogen and oxygen atoms in total. The van der Waals surface area contributed by atoms with Gasteiger partial charge in [-0.05, 0) is 123 Å². The van der Waals surface area contributed by atoms with Crippen LogP contribution in [0.25, 0.3) is 0 Å². The molecule has 0 aromatic heterocycles. The number of unbranched alkanes of at least 4 members (excludes halogenated alkanes) is 2. The quantitative estimate of drug-likeness (QED) is 0.263. The summed E-state index contributed by atoms with van der Waals surface area (Å²) in [7, 11) is -1.59. The second-order valence-electron chi connectivity index (χ2n) is 15.7. The first kappa shape index (κ1) is 28.2. The highest BCUT2D eigenvalue weighted by atomic mass is 28.4. The zero-order valence-corrected chi connectivity index (χ0v) is 25.8. The van der Waals surface area contributed by atoms with Gasteiger partial charge >= 0.3 is 0 Å². The van der Waals surface area contributed by atoms with Gasteiger partial charge in [0, 0.05) is 6.61 Å². The van der Waals surface area contributed by atoms with Crippen molar-refractivity contribution in [2.75, 3.05) is 6.61 Å². The number of hydrogen-bond donors (Lipinski definition) is 1. The Kier molecular flexibility index (Phi) is 8.07. The van der Waals surface area contributed by atoms with Crippen LogP contribution in [0.2, 0.25) is 18.1 Å². The van der Waals surface area contributed by atoms with Crippen molar-refractivity contribution in [3.63, 3.8) is 0 Å². The molecule has 8 atom stereocenters. The summed E-state index contributed by atoms with van der Waals surface area (Å²) in [6.07, 6.45) is 18.5. The Bertz CT molecular complexity index is 728. The topological polar surface area (TPSA) is 29.5 Å². The smallest absolute Gasteiger partial charge is 0.191 e. The van der Waals surface area contributed by atoms with E-state index in [0.717, 1.165) is 30.8 Å². The van der Waals surface area contributed by atoms with E-state index in [0.29, 0.717) is 27.7 Å². The standard InChI is InChI=1S/C32H60O2Si/c1-9-25-14-15-27-30(25,5)20-18-28-31(6)19-16-24(23-26(31)17-21-32(27,28)33)13-11-10-12-22-34-35(7,8)29(2,3)4/h24-28,33H,9-23H2,1-8H3/t24?,25-,26?,27+,28+,30+,31-,32?/m0/s1. The normalized spacial score (nSPS) is 44.0. The van der Waals surface area contributed by atoms with Crippen molar-refractivity contribution >= 4 is 8.32 Å². The Hall–Kier alpha value is 0.137. The fourth-order valence-electron chi connectivity index (χ4n) is 9.72. The molecule has 4 rings (SSSR count). The molecule has 4 fully saturated rings. The number of fused-ring (bicyclic) bond motifs is 5. The molecule has 204 valence electrons. The maximum Gasteiger partial charge on any atom is 0.191 e. The van der Waals surface area contributed by atoms with Gasteiger partial charge in [-0.25, -0.2) is 0 Å². The fraction of sp³-hybridized carbons (Fsp3) is 1.00. The Morgan fingerprint density at radius 1 is 0.857 bits per heavy atom. The summed E-state index contributed by atoms with van der Waals surface area (Å²) in [6.45, 7) is 20.3.